The predicted octanol–water partition coefficient (Wildman–Crippen LogP) is 4.63. The number of nitrogens with zero attached hydrogens (tertiary/aromatic N) is 4. The maximum Gasteiger partial charge on any atom is 0.417 e. The maximum atomic E-state index is 13.0. The van der Waals surface area contributed by atoms with Gasteiger partial charge in [0.2, 0.25) is 5.95 Å². The molecule has 3 aromatic rings. The number of imidazole rings is 1. The van der Waals surface area contributed by atoms with Crippen molar-refractivity contribution in [3.05, 3.63) is 56.5 Å². The van der Waals surface area contributed by atoms with Crippen molar-refractivity contribution >= 4 is 40.5 Å². The fraction of sp³-hybridized carbons (Fsp3) is 0.350. The number of anilines is 1. The number of pyridine rings is 1. The van der Waals surface area contributed by atoms with Crippen LogP contribution < -0.4 is 5.32 Å². The van der Waals surface area contributed by atoms with E-state index in [0.29, 0.717) is 28.1 Å². The first kappa shape index (κ1) is 22.4. The second kappa shape index (κ2) is 8.62. The van der Waals surface area contributed by atoms with Crippen molar-refractivity contribution in [3.63, 3.8) is 0 Å². The van der Waals surface area contributed by atoms with Gasteiger partial charge < -0.3 is 9.88 Å². The molecule has 7 nitrogen and oxygen atoms in total. The Balaban J connectivity index is 1.43. The minimum absolute atomic E-state index is 0.0342. The molecular weight excluding hydrogens is 467 g/mol. The van der Waals surface area contributed by atoms with E-state index in [1.54, 1.807) is 6.20 Å². The standard InChI is InChI=1S/C20H17ClF3N5O2S/c1-10(4-15(30)14-8-28-19-25-2-3-29(14)19)18-27-9-17(32-18)16(31)6-11-5-12(20(22,23)24)13(21)7-26-11/h5,7-10H,2-4,6H2,1H3,(H,25,28)/t10-/m0/s1. The Morgan fingerprint density at radius 3 is 2.75 bits per heavy atom. The molecule has 1 aliphatic heterocycles. The van der Waals surface area contributed by atoms with Crippen LogP contribution in [0.1, 0.15) is 55.7 Å². The molecule has 0 radical (unpaired) electrons. The molecule has 0 spiro atoms. The third-order valence-corrected chi connectivity index (χ3v) is 6.60. The quantitative estimate of drug-likeness (QED) is 0.493. The lowest BCUT2D eigenvalue weighted by molar-refractivity contribution is -0.137. The summed E-state index contributed by atoms with van der Waals surface area (Å²) in [6, 6.07) is 0.780. The van der Waals surface area contributed by atoms with Gasteiger partial charge >= 0.3 is 6.18 Å². The van der Waals surface area contributed by atoms with Crippen LogP contribution in [-0.2, 0) is 19.1 Å². The van der Waals surface area contributed by atoms with Crippen LogP contribution in [0.15, 0.2) is 24.7 Å². The van der Waals surface area contributed by atoms with E-state index in [4.69, 9.17) is 11.6 Å². The van der Waals surface area contributed by atoms with Crippen LogP contribution in [0.3, 0.4) is 0 Å². The molecule has 168 valence electrons. The van der Waals surface area contributed by atoms with Crippen LogP contribution in [0, 0.1) is 0 Å². The van der Waals surface area contributed by atoms with Gasteiger partial charge in [-0.25, -0.2) is 9.97 Å². The molecule has 32 heavy (non-hydrogen) atoms. The first-order valence-electron chi connectivity index (χ1n) is 9.66. The summed E-state index contributed by atoms with van der Waals surface area (Å²) in [6.45, 7) is 3.24. The Hall–Kier alpha value is -2.79. The number of Topliss-reactive ketones (excluding diaryl/α,β-unsaturated/α-hetero) is 2. The third-order valence-electron chi connectivity index (χ3n) is 5.03. The van der Waals surface area contributed by atoms with Crippen LogP contribution in [0.5, 0.6) is 0 Å². The van der Waals surface area contributed by atoms with E-state index in [2.05, 4.69) is 20.3 Å². The van der Waals surface area contributed by atoms with Gasteiger partial charge in [0.25, 0.3) is 0 Å². The Morgan fingerprint density at radius 1 is 1.22 bits per heavy atom. The zero-order valence-corrected chi connectivity index (χ0v) is 18.3. The zero-order valence-electron chi connectivity index (χ0n) is 16.7. The number of carbonyl (C=O) groups is 2. The highest BCUT2D eigenvalue weighted by Gasteiger charge is 2.34. The molecule has 4 rings (SSSR count). The van der Waals surface area contributed by atoms with Crippen LogP contribution >= 0.6 is 22.9 Å². The maximum absolute atomic E-state index is 13.0. The number of nitrogens with one attached hydrogen (secondary N) is 1. The topological polar surface area (TPSA) is 89.8 Å². The number of thiazole rings is 1. The number of aromatic nitrogens is 4. The molecule has 1 N–H and O–H groups in total. The second-order valence-electron chi connectivity index (χ2n) is 7.39. The van der Waals surface area contributed by atoms with Crippen molar-refractivity contribution in [1.82, 2.24) is 19.5 Å². The monoisotopic (exact) mass is 483 g/mol. The molecule has 0 bridgehead atoms. The lowest BCUT2D eigenvalue weighted by Gasteiger charge is -2.09. The molecule has 0 aromatic carbocycles. The molecule has 3 aromatic heterocycles. The first-order chi connectivity index (χ1) is 15.1. The Morgan fingerprint density at radius 2 is 2.00 bits per heavy atom. The number of rotatable bonds is 7. The molecule has 0 saturated carbocycles. The molecule has 0 fully saturated rings. The van der Waals surface area contributed by atoms with E-state index in [-0.39, 0.29) is 30.2 Å². The Bertz CT molecular complexity index is 1190. The highest BCUT2D eigenvalue weighted by molar-refractivity contribution is 7.13. The van der Waals surface area contributed by atoms with Gasteiger partial charge in [-0.05, 0) is 6.07 Å². The minimum Gasteiger partial charge on any atom is -0.354 e. The van der Waals surface area contributed by atoms with Gasteiger partial charge in [-0.2, -0.15) is 13.2 Å². The number of ketones is 2. The van der Waals surface area contributed by atoms with Gasteiger partial charge in [-0.3, -0.25) is 14.6 Å². The van der Waals surface area contributed by atoms with Gasteiger partial charge in [-0.15, -0.1) is 11.3 Å². The van der Waals surface area contributed by atoms with Gasteiger partial charge in [0.15, 0.2) is 11.6 Å². The van der Waals surface area contributed by atoms with Crippen molar-refractivity contribution in [1.29, 1.82) is 0 Å². The predicted molar refractivity (Wildman–Crippen MR) is 112 cm³/mol. The summed E-state index contributed by atoms with van der Waals surface area (Å²) >= 11 is 6.69. The second-order valence-corrected chi connectivity index (χ2v) is 8.86. The first-order valence-corrected chi connectivity index (χ1v) is 10.9. The SMILES string of the molecule is C[C@@H](CC(=O)c1cnc2n1CCN2)c1ncc(C(=O)Cc2cc(C(F)(F)F)c(Cl)cn2)s1. The van der Waals surface area contributed by atoms with Gasteiger partial charge in [0, 0.05) is 43.5 Å². The van der Waals surface area contributed by atoms with E-state index in [9.17, 15) is 22.8 Å². The number of hydrogen-bond acceptors (Lipinski definition) is 7. The van der Waals surface area contributed by atoms with Crippen LogP contribution in [0.25, 0.3) is 0 Å². The summed E-state index contributed by atoms with van der Waals surface area (Å²) in [7, 11) is 0. The fourth-order valence-corrected chi connectivity index (χ4v) is 4.52. The van der Waals surface area contributed by atoms with Gasteiger partial charge in [-0.1, -0.05) is 18.5 Å². The van der Waals surface area contributed by atoms with E-state index < -0.39 is 22.5 Å². The summed E-state index contributed by atoms with van der Waals surface area (Å²) in [4.78, 5) is 37.8. The number of fused-ring (bicyclic) bond motifs is 1. The van der Waals surface area contributed by atoms with E-state index in [1.807, 2.05) is 11.5 Å². The minimum atomic E-state index is -4.64. The van der Waals surface area contributed by atoms with E-state index >= 15 is 0 Å². The summed E-state index contributed by atoms with van der Waals surface area (Å²) in [5.41, 5.74) is -0.539. The van der Waals surface area contributed by atoms with Gasteiger partial charge in [0.05, 0.1) is 33.1 Å². The largest absolute Gasteiger partial charge is 0.417 e. The molecule has 0 amide bonds. The smallest absolute Gasteiger partial charge is 0.354 e. The summed E-state index contributed by atoms with van der Waals surface area (Å²) in [5.74, 6) is -0.0457. The average Bonchev–Trinajstić information content (AvgIpc) is 3.45. The highest BCUT2D eigenvalue weighted by atomic mass is 35.5. The summed E-state index contributed by atoms with van der Waals surface area (Å²) < 4.78 is 40.9. The van der Waals surface area contributed by atoms with Crippen molar-refractivity contribution in [2.45, 2.75) is 38.4 Å². The molecule has 12 heteroatoms. The molecule has 0 aliphatic carbocycles. The number of hydrogen-bond donors (Lipinski definition) is 1. The molecule has 0 saturated heterocycles. The van der Waals surface area contributed by atoms with Crippen molar-refractivity contribution in [2.24, 2.45) is 0 Å². The van der Waals surface area contributed by atoms with E-state index in [1.165, 1.54) is 6.20 Å². The number of halogens is 4. The molecule has 1 atom stereocenters. The van der Waals surface area contributed by atoms with Gasteiger partial charge in [0.1, 0.15) is 5.69 Å². The summed E-state index contributed by atoms with van der Waals surface area (Å²) in [5, 5.41) is 3.16. The Kier molecular flexibility index (Phi) is 6.04. The van der Waals surface area contributed by atoms with Crippen LogP contribution in [0.4, 0.5) is 19.1 Å². The Labute approximate surface area is 189 Å². The normalized spacial score (nSPS) is 14.2. The molecule has 0 unspecified atom stereocenters. The number of alkyl halides is 3. The molecular formula is C20H17ClF3N5O2S. The van der Waals surface area contributed by atoms with Crippen molar-refractivity contribution in [3.8, 4) is 0 Å². The van der Waals surface area contributed by atoms with Crippen LogP contribution in [-0.4, -0.2) is 37.6 Å². The lowest BCUT2D eigenvalue weighted by atomic mass is 10.0. The highest BCUT2D eigenvalue weighted by Crippen LogP contribution is 2.35. The summed E-state index contributed by atoms with van der Waals surface area (Å²) in [6.07, 6.45) is -0.944. The lowest BCUT2D eigenvalue weighted by Crippen LogP contribution is -2.10. The number of carbonyl (C=O) groups excluding carboxylic acids is 2. The van der Waals surface area contributed by atoms with Crippen molar-refractivity contribution < 1.29 is 22.8 Å². The average molecular weight is 484 g/mol. The molecule has 4 heterocycles. The zero-order chi connectivity index (χ0) is 23.0. The van der Waals surface area contributed by atoms with Crippen molar-refractivity contribution in [2.75, 3.05) is 11.9 Å². The fourth-order valence-electron chi connectivity index (χ4n) is 3.41. The third kappa shape index (κ3) is 4.53. The molecule has 1 aliphatic rings. The van der Waals surface area contributed by atoms with Crippen LogP contribution in [0.2, 0.25) is 5.02 Å². The van der Waals surface area contributed by atoms with E-state index in [0.717, 1.165) is 30.1 Å².